The van der Waals surface area contributed by atoms with Gasteiger partial charge in [-0.3, -0.25) is 4.90 Å². The fraction of sp³-hybridized carbons (Fsp3) is 0.529. The van der Waals surface area contributed by atoms with Gasteiger partial charge < -0.3 is 9.47 Å². The Bertz CT molecular complexity index is 579. The maximum atomic E-state index is 14.0. The topological polar surface area (TPSA) is 55.8 Å². The van der Waals surface area contributed by atoms with Crippen LogP contribution in [0.5, 0.6) is 0 Å². The maximum Gasteiger partial charge on any atom is 0.411 e. The number of carbonyl (C=O) groups is 2. The van der Waals surface area contributed by atoms with Crippen LogP contribution in [0.25, 0.3) is 0 Å². The van der Waals surface area contributed by atoms with E-state index in [4.69, 9.17) is 9.47 Å². The molecule has 1 aromatic carbocycles. The van der Waals surface area contributed by atoms with Crippen molar-refractivity contribution in [3.8, 4) is 0 Å². The summed E-state index contributed by atoms with van der Waals surface area (Å²) < 4.78 is 24.3. The van der Waals surface area contributed by atoms with E-state index in [2.05, 4.69) is 0 Å². The van der Waals surface area contributed by atoms with Crippen molar-refractivity contribution in [2.24, 2.45) is 5.92 Å². The first kappa shape index (κ1) is 15.8. The number of rotatable bonds is 4. The Morgan fingerprint density at radius 3 is 2.65 bits per heavy atom. The highest BCUT2D eigenvalue weighted by Crippen LogP contribution is 2.44. The van der Waals surface area contributed by atoms with Crippen molar-refractivity contribution >= 4 is 12.1 Å². The van der Waals surface area contributed by atoms with Crippen molar-refractivity contribution in [1.82, 2.24) is 4.90 Å². The Labute approximate surface area is 134 Å². The normalized spacial score (nSPS) is 28.7. The summed E-state index contributed by atoms with van der Waals surface area (Å²) in [6.45, 7) is 2.04. The number of amides is 1. The van der Waals surface area contributed by atoms with Gasteiger partial charge in [-0.2, -0.15) is 0 Å². The van der Waals surface area contributed by atoms with Gasteiger partial charge in [-0.05, 0) is 31.2 Å². The van der Waals surface area contributed by atoms with Crippen molar-refractivity contribution in [3.05, 3.63) is 35.9 Å². The van der Waals surface area contributed by atoms with E-state index in [1.807, 2.05) is 30.3 Å². The third-order valence-corrected chi connectivity index (χ3v) is 4.54. The third-order valence-electron chi connectivity index (χ3n) is 4.54. The Morgan fingerprint density at radius 1 is 1.22 bits per heavy atom. The summed E-state index contributed by atoms with van der Waals surface area (Å²) in [5.74, 6) is -0.651. The van der Waals surface area contributed by atoms with Crippen LogP contribution in [-0.4, -0.2) is 41.8 Å². The molecule has 6 heteroatoms. The lowest BCUT2D eigenvalue weighted by Crippen LogP contribution is -2.53. The first-order chi connectivity index (χ1) is 11.1. The summed E-state index contributed by atoms with van der Waals surface area (Å²) in [5, 5.41) is 0. The number of carbonyl (C=O) groups excluding carboxylic acids is 2. The standard InChI is InChI=1S/C17H20FNO4/c1-2-22-16(20)15-12-8-13(18)14(9-12)19(15)17(21)23-10-11-6-4-3-5-7-11/h3-7,12-15H,2,8-10H2,1H3. The number of piperidine rings is 1. The van der Waals surface area contributed by atoms with Crippen LogP contribution in [0, 0.1) is 5.92 Å². The van der Waals surface area contributed by atoms with Crippen LogP contribution < -0.4 is 0 Å². The van der Waals surface area contributed by atoms with E-state index in [1.54, 1.807) is 6.92 Å². The Balaban J connectivity index is 1.70. The van der Waals surface area contributed by atoms with Crippen molar-refractivity contribution in [2.75, 3.05) is 6.61 Å². The van der Waals surface area contributed by atoms with Crippen LogP contribution in [0.4, 0.5) is 9.18 Å². The Hall–Kier alpha value is -2.11. The van der Waals surface area contributed by atoms with Gasteiger partial charge in [-0.1, -0.05) is 30.3 Å². The van der Waals surface area contributed by atoms with Gasteiger partial charge in [0.2, 0.25) is 0 Å². The molecule has 1 aliphatic heterocycles. The summed E-state index contributed by atoms with van der Waals surface area (Å²) in [4.78, 5) is 25.8. The van der Waals surface area contributed by atoms with Gasteiger partial charge in [0.25, 0.3) is 0 Å². The molecule has 4 atom stereocenters. The minimum Gasteiger partial charge on any atom is -0.464 e. The number of benzene rings is 1. The average Bonchev–Trinajstić information content (AvgIpc) is 3.10. The van der Waals surface area contributed by atoms with Gasteiger partial charge in [0.15, 0.2) is 0 Å². The summed E-state index contributed by atoms with van der Waals surface area (Å²) in [6.07, 6.45) is -0.960. The molecule has 1 saturated heterocycles. The van der Waals surface area contributed by atoms with Crippen LogP contribution in [0.3, 0.4) is 0 Å². The third kappa shape index (κ3) is 3.02. The highest BCUT2D eigenvalue weighted by Gasteiger charge is 2.57. The van der Waals surface area contributed by atoms with Crippen LogP contribution in [-0.2, 0) is 20.9 Å². The highest BCUT2D eigenvalue weighted by atomic mass is 19.1. The Morgan fingerprint density at radius 2 is 1.96 bits per heavy atom. The lowest BCUT2D eigenvalue weighted by Gasteiger charge is -2.34. The first-order valence-corrected chi connectivity index (χ1v) is 7.91. The van der Waals surface area contributed by atoms with Gasteiger partial charge in [-0.15, -0.1) is 0 Å². The molecule has 1 aromatic rings. The molecular weight excluding hydrogens is 301 g/mol. The monoisotopic (exact) mass is 321 g/mol. The Kier molecular flexibility index (Phi) is 4.50. The SMILES string of the molecule is CCOC(=O)C1C2CC(F)C(C2)N1C(=O)OCc1ccccc1. The number of fused-ring (bicyclic) bond motifs is 2. The molecule has 2 aliphatic rings. The quantitative estimate of drug-likeness (QED) is 0.800. The second-order valence-corrected chi connectivity index (χ2v) is 5.96. The van der Waals surface area contributed by atoms with Gasteiger partial charge in [0.05, 0.1) is 12.6 Å². The molecule has 0 radical (unpaired) electrons. The van der Waals surface area contributed by atoms with E-state index < -0.39 is 30.3 Å². The number of ether oxygens (including phenoxy) is 2. The lowest BCUT2D eigenvalue weighted by atomic mass is 9.98. The number of alkyl halides is 1. The molecule has 5 nitrogen and oxygen atoms in total. The molecule has 2 bridgehead atoms. The van der Waals surface area contributed by atoms with E-state index in [9.17, 15) is 14.0 Å². The second-order valence-electron chi connectivity index (χ2n) is 5.96. The largest absolute Gasteiger partial charge is 0.464 e. The number of hydrogen-bond donors (Lipinski definition) is 0. The van der Waals surface area contributed by atoms with Crippen LogP contribution in [0.2, 0.25) is 0 Å². The van der Waals surface area contributed by atoms with E-state index >= 15 is 0 Å². The molecule has 2 fully saturated rings. The van der Waals surface area contributed by atoms with Crippen molar-refractivity contribution in [3.63, 3.8) is 0 Å². The number of halogens is 1. The van der Waals surface area contributed by atoms with Crippen molar-refractivity contribution in [2.45, 2.75) is 44.6 Å². The van der Waals surface area contributed by atoms with Crippen LogP contribution in [0.1, 0.15) is 25.3 Å². The summed E-state index contributed by atoms with van der Waals surface area (Å²) >= 11 is 0. The molecule has 1 heterocycles. The lowest BCUT2D eigenvalue weighted by molar-refractivity contribution is -0.151. The van der Waals surface area contributed by atoms with E-state index in [0.29, 0.717) is 12.8 Å². The molecule has 23 heavy (non-hydrogen) atoms. The zero-order valence-electron chi connectivity index (χ0n) is 13.0. The van der Waals surface area contributed by atoms with E-state index in [-0.39, 0.29) is 19.1 Å². The molecule has 0 spiro atoms. The summed E-state index contributed by atoms with van der Waals surface area (Å²) in [7, 11) is 0. The zero-order chi connectivity index (χ0) is 16.4. The predicted octanol–water partition coefficient (Wildman–Crippen LogP) is 2.69. The minimum absolute atomic E-state index is 0.0973. The molecular formula is C17H20FNO4. The first-order valence-electron chi connectivity index (χ1n) is 7.91. The molecule has 124 valence electrons. The fourth-order valence-electron chi connectivity index (χ4n) is 3.56. The average molecular weight is 321 g/mol. The number of likely N-dealkylation sites (tertiary alicyclic amines) is 1. The molecule has 3 rings (SSSR count). The molecule has 1 amide bonds. The van der Waals surface area contributed by atoms with Gasteiger partial charge in [-0.25, -0.2) is 14.0 Å². The number of esters is 1. The van der Waals surface area contributed by atoms with Gasteiger partial charge >= 0.3 is 12.1 Å². The number of nitrogens with zero attached hydrogens (tertiary/aromatic N) is 1. The van der Waals surface area contributed by atoms with Gasteiger partial charge in [0, 0.05) is 0 Å². The molecule has 0 aromatic heterocycles. The second kappa shape index (κ2) is 6.56. The van der Waals surface area contributed by atoms with Crippen LogP contribution in [0.15, 0.2) is 30.3 Å². The van der Waals surface area contributed by atoms with Gasteiger partial charge in [0.1, 0.15) is 18.8 Å². The zero-order valence-corrected chi connectivity index (χ0v) is 13.0. The predicted molar refractivity (Wildman–Crippen MR) is 80.3 cm³/mol. The summed E-state index contributed by atoms with van der Waals surface area (Å²) in [6, 6.07) is 7.93. The molecule has 4 unspecified atom stereocenters. The molecule has 0 N–H and O–H groups in total. The van der Waals surface area contributed by atoms with E-state index in [0.717, 1.165) is 5.56 Å². The van der Waals surface area contributed by atoms with Crippen molar-refractivity contribution < 1.29 is 23.5 Å². The maximum absolute atomic E-state index is 14.0. The smallest absolute Gasteiger partial charge is 0.411 e. The van der Waals surface area contributed by atoms with Crippen molar-refractivity contribution in [1.29, 1.82) is 0 Å². The minimum atomic E-state index is -1.10. The fourth-order valence-corrected chi connectivity index (χ4v) is 3.56. The molecule has 1 saturated carbocycles. The van der Waals surface area contributed by atoms with Crippen LogP contribution >= 0.6 is 0 Å². The summed E-state index contributed by atoms with van der Waals surface area (Å²) in [5.41, 5.74) is 0.842. The van der Waals surface area contributed by atoms with E-state index in [1.165, 1.54) is 4.90 Å². The molecule has 1 aliphatic carbocycles. The highest BCUT2D eigenvalue weighted by molar-refractivity contribution is 5.83. The number of hydrogen-bond acceptors (Lipinski definition) is 4.